The molecule has 1 amide bonds. The molecule has 2 atom stereocenters. The van der Waals surface area contributed by atoms with Crippen molar-refractivity contribution >= 4 is 21.9 Å². The minimum Gasteiger partial charge on any atom is -0.481 e. The molecule has 2 fully saturated rings. The van der Waals surface area contributed by atoms with Crippen LogP contribution in [0.4, 0.5) is 0 Å². The van der Waals surface area contributed by atoms with E-state index in [4.69, 9.17) is 5.11 Å². The molecule has 1 saturated carbocycles. The van der Waals surface area contributed by atoms with Crippen LogP contribution in [0, 0.1) is 5.92 Å². The summed E-state index contributed by atoms with van der Waals surface area (Å²) in [5.74, 6) is -1.64. The van der Waals surface area contributed by atoms with Crippen molar-refractivity contribution < 1.29 is 23.1 Å². The molecule has 8 nitrogen and oxygen atoms in total. The number of carbonyl (C=O) groups is 2. The van der Waals surface area contributed by atoms with Gasteiger partial charge in [-0.15, -0.1) is 0 Å². The molecule has 0 unspecified atom stereocenters. The van der Waals surface area contributed by atoms with Gasteiger partial charge in [0.2, 0.25) is 10.0 Å². The third-order valence-electron chi connectivity index (χ3n) is 5.28. The number of hydrogen-bond acceptors (Lipinski definition) is 4. The number of aryl methyl sites for hydroxylation is 1. The molecule has 1 aromatic rings. The van der Waals surface area contributed by atoms with Crippen molar-refractivity contribution in [1.29, 1.82) is 0 Å². The second kappa shape index (κ2) is 7.40. The molecular weight excluding hydrogens is 358 g/mol. The fourth-order valence-corrected chi connectivity index (χ4v) is 5.34. The predicted molar refractivity (Wildman–Crippen MR) is 94.3 cm³/mol. The lowest BCUT2D eigenvalue weighted by molar-refractivity contribution is -0.141. The molecule has 2 aliphatic rings. The van der Waals surface area contributed by atoms with Gasteiger partial charge in [-0.1, -0.05) is 6.42 Å². The topological polar surface area (TPSA) is 109 Å². The van der Waals surface area contributed by atoms with Crippen molar-refractivity contribution in [2.24, 2.45) is 13.0 Å². The third-order valence-corrected chi connectivity index (χ3v) is 7.15. The van der Waals surface area contributed by atoms with Gasteiger partial charge in [-0.05, 0) is 38.2 Å². The van der Waals surface area contributed by atoms with Gasteiger partial charge in [-0.3, -0.25) is 9.59 Å². The lowest BCUT2D eigenvalue weighted by Gasteiger charge is -2.25. The second-order valence-electron chi connectivity index (χ2n) is 7.16. The number of amides is 1. The van der Waals surface area contributed by atoms with Crippen LogP contribution in [0.25, 0.3) is 0 Å². The molecule has 1 aliphatic carbocycles. The van der Waals surface area contributed by atoms with Gasteiger partial charge in [0.15, 0.2) is 0 Å². The Labute approximate surface area is 153 Å². The number of rotatable bonds is 5. The van der Waals surface area contributed by atoms with Crippen molar-refractivity contribution in [3.63, 3.8) is 0 Å². The van der Waals surface area contributed by atoms with Crippen LogP contribution in [0.15, 0.2) is 17.2 Å². The van der Waals surface area contributed by atoms with E-state index in [-0.39, 0.29) is 22.5 Å². The summed E-state index contributed by atoms with van der Waals surface area (Å²) < 4.78 is 28.5. The summed E-state index contributed by atoms with van der Waals surface area (Å²) in [5, 5.41) is 11.9. The Bertz CT molecular complexity index is 795. The van der Waals surface area contributed by atoms with Crippen LogP contribution >= 0.6 is 0 Å². The van der Waals surface area contributed by atoms with E-state index < -0.39 is 21.9 Å². The Balaban J connectivity index is 1.71. The molecule has 2 N–H and O–H groups in total. The summed E-state index contributed by atoms with van der Waals surface area (Å²) in [4.78, 5) is 23.7. The predicted octanol–water partition coefficient (Wildman–Crippen LogP) is 1.18. The zero-order valence-electron chi connectivity index (χ0n) is 14.8. The van der Waals surface area contributed by atoms with Crippen LogP contribution in [0.2, 0.25) is 0 Å². The van der Waals surface area contributed by atoms with E-state index in [1.54, 1.807) is 7.05 Å². The average molecular weight is 383 g/mol. The van der Waals surface area contributed by atoms with Gasteiger partial charge in [0, 0.05) is 32.4 Å². The Morgan fingerprint density at radius 2 is 1.88 bits per heavy atom. The molecular formula is C17H25N3O5S. The fourth-order valence-electron chi connectivity index (χ4n) is 3.75. The molecule has 2 heterocycles. The number of hydrogen-bond donors (Lipinski definition) is 2. The van der Waals surface area contributed by atoms with Gasteiger partial charge in [0.25, 0.3) is 5.91 Å². The van der Waals surface area contributed by atoms with Crippen molar-refractivity contribution in [3.05, 3.63) is 18.0 Å². The Hall–Kier alpha value is -1.87. The zero-order chi connectivity index (χ0) is 18.9. The average Bonchev–Trinajstić information content (AvgIpc) is 3.22. The number of aromatic nitrogens is 1. The van der Waals surface area contributed by atoms with Crippen molar-refractivity contribution in [2.45, 2.75) is 49.5 Å². The summed E-state index contributed by atoms with van der Waals surface area (Å²) >= 11 is 0. The standard InChI is InChI=1S/C17H25N3O5S/c1-19-11-14(26(24,25)20-7-3-2-4-8-20)10-15(19)16(21)18-13-6-5-12(9-13)17(22)23/h10-13H,2-9H2,1H3,(H,18,21)(H,22,23)/t12-,13+/m1/s1. The second-order valence-corrected chi connectivity index (χ2v) is 9.09. The number of nitrogens with one attached hydrogen (secondary N) is 1. The molecule has 0 aromatic carbocycles. The normalized spacial score (nSPS) is 24.5. The quantitative estimate of drug-likeness (QED) is 0.794. The maximum absolute atomic E-state index is 12.8. The highest BCUT2D eigenvalue weighted by atomic mass is 32.2. The Morgan fingerprint density at radius 1 is 1.19 bits per heavy atom. The van der Waals surface area contributed by atoms with Crippen molar-refractivity contribution in [3.8, 4) is 0 Å². The molecule has 1 saturated heterocycles. The summed E-state index contributed by atoms with van der Waals surface area (Å²) in [6.07, 6.45) is 5.77. The molecule has 9 heteroatoms. The largest absolute Gasteiger partial charge is 0.481 e. The lowest BCUT2D eigenvalue weighted by Crippen LogP contribution is -2.35. The highest BCUT2D eigenvalue weighted by molar-refractivity contribution is 7.89. The molecule has 26 heavy (non-hydrogen) atoms. The SMILES string of the molecule is Cn1cc(S(=O)(=O)N2CCCCC2)cc1C(=O)N[C@H]1CC[C@@H](C(=O)O)C1. The highest BCUT2D eigenvalue weighted by Gasteiger charge is 2.32. The molecule has 3 rings (SSSR count). The summed E-state index contributed by atoms with van der Waals surface area (Å²) in [6.45, 7) is 1.02. The summed E-state index contributed by atoms with van der Waals surface area (Å²) in [7, 11) is -1.95. The van der Waals surface area contributed by atoms with Crippen LogP contribution < -0.4 is 5.32 Å². The number of piperidine rings is 1. The van der Waals surface area contributed by atoms with Gasteiger partial charge < -0.3 is 15.0 Å². The van der Waals surface area contributed by atoms with E-state index in [2.05, 4.69) is 5.32 Å². The molecule has 144 valence electrons. The first kappa shape index (κ1) is 18.9. The van der Waals surface area contributed by atoms with Crippen LogP contribution in [-0.2, 0) is 21.9 Å². The van der Waals surface area contributed by atoms with Gasteiger partial charge >= 0.3 is 5.97 Å². The van der Waals surface area contributed by atoms with Gasteiger partial charge in [0.1, 0.15) is 10.6 Å². The molecule has 0 bridgehead atoms. The van der Waals surface area contributed by atoms with Gasteiger partial charge in [-0.25, -0.2) is 8.42 Å². The fraction of sp³-hybridized carbons (Fsp3) is 0.647. The van der Waals surface area contributed by atoms with Gasteiger partial charge in [-0.2, -0.15) is 4.31 Å². The summed E-state index contributed by atoms with van der Waals surface area (Å²) in [5.41, 5.74) is 0.263. The lowest BCUT2D eigenvalue weighted by atomic mass is 10.1. The van der Waals surface area contributed by atoms with E-state index in [0.717, 1.165) is 19.3 Å². The first-order valence-electron chi connectivity index (χ1n) is 8.99. The molecule has 0 spiro atoms. The highest BCUT2D eigenvalue weighted by Crippen LogP contribution is 2.26. The van der Waals surface area contributed by atoms with Crippen LogP contribution in [0.5, 0.6) is 0 Å². The minimum atomic E-state index is -3.59. The summed E-state index contributed by atoms with van der Waals surface area (Å²) in [6, 6.07) is 1.21. The van der Waals surface area contributed by atoms with Crippen LogP contribution in [0.1, 0.15) is 49.0 Å². The number of carboxylic acids is 1. The maximum atomic E-state index is 12.8. The number of nitrogens with zero attached hydrogens (tertiary/aromatic N) is 2. The van der Waals surface area contributed by atoms with Gasteiger partial charge in [0.05, 0.1) is 5.92 Å². The molecule has 0 radical (unpaired) electrons. The Morgan fingerprint density at radius 3 is 2.50 bits per heavy atom. The Kier molecular flexibility index (Phi) is 5.38. The first-order chi connectivity index (χ1) is 12.3. The van der Waals surface area contributed by atoms with E-state index >= 15 is 0 Å². The van der Waals surface area contributed by atoms with Crippen molar-refractivity contribution in [2.75, 3.05) is 13.1 Å². The van der Waals surface area contributed by atoms with Crippen molar-refractivity contribution in [1.82, 2.24) is 14.2 Å². The smallest absolute Gasteiger partial charge is 0.306 e. The van der Waals surface area contributed by atoms with E-state index in [9.17, 15) is 18.0 Å². The number of carbonyl (C=O) groups excluding carboxylic acids is 1. The zero-order valence-corrected chi connectivity index (χ0v) is 15.7. The van der Waals surface area contributed by atoms with E-state index in [0.29, 0.717) is 32.4 Å². The first-order valence-corrected chi connectivity index (χ1v) is 10.4. The number of carboxylic acid groups (broad SMARTS) is 1. The number of aliphatic carboxylic acids is 1. The van der Waals surface area contributed by atoms with E-state index in [1.165, 1.54) is 21.1 Å². The molecule has 1 aliphatic heterocycles. The monoisotopic (exact) mass is 383 g/mol. The van der Waals surface area contributed by atoms with E-state index in [1.807, 2.05) is 0 Å². The molecule has 1 aromatic heterocycles. The third kappa shape index (κ3) is 3.78. The van der Waals surface area contributed by atoms with Crippen LogP contribution in [0.3, 0.4) is 0 Å². The maximum Gasteiger partial charge on any atom is 0.306 e. The minimum absolute atomic E-state index is 0.127. The number of sulfonamides is 1. The van der Waals surface area contributed by atoms with Crippen LogP contribution in [-0.4, -0.2) is 53.4 Å².